The lowest BCUT2D eigenvalue weighted by atomic mass is 10.2. The zero-order chi connectivity index (χ0) is 14.0. The minimum absolute atomic E-state index is 0.0337. The molecule has 2 rings (SSSR count). The summed E-state index contributed by atoms with van der Waals surface area (Å²) in [5.41, 5.74) is 0. The van der Waals surface area contributed by atoms with Crippen molar-refractivity contribution in [2.45, 2.75) is 44.3 Å². The standard InChI is InChI=1S/C12H18F2N2O3/c1-8(10(17)16-4-2-3-5-16)15-7-9-6-12(13,14)11(18)19-9/h8-9,15H,2-7H2,1H3. The van der Waals surface area contributed by atoms with Crippen LogP contribution in [0.15, 0.2) is 0 Å². The van der Waals surface area contributed by atoms with Crippen molar-refractivity contribution < 1.29 is 23.1 Å². The Labute approximate surface area is 110 Å². The zero-order valence-corrected chi connectivity index (χ0v) is 10.8. The number of rotatable bonds is 4. The number of amides is 1. The molecule has 0 aromatic carbocycles. The van der Waals surface area contributed by atoms with Crippen LogP contribution in [-0.4, -0.2) is 54.5 Å². The van der Waals surface area contributed by atoms with Crippen LogP contribution in [0.4, 0.5) is 8.78 Å². The Balaban J connectivity index is 1.76. The smallest absolute Gasteiger partial charge is 0.377 e. The largest absolute Gasteiger partial charge is 0.456 e. The number of hydrogen-bond acceptors (Lipinski definition) is 4. The highest BCUT2D eigenvalue weighted by Gasteiger charge is 2.50. The average molecular weight is 276 g/mol. The summed E-state index contributed by atoms with van der Waals surface area (Å²) in [5, 5.41) is 2.86. The minimum atomic E-state index is -3.39. The molecule has 1 N–H and O–H groups in total. The fourth-order valence-electron chi connectivity index (χ4n) is 2.37. The number of carbonyl (C=O) groups is 2. The molecule has 108 valence electrons. The molecule has 0 aliphatic carbocycles. The van der Waals surface area contributed by atoms with Crippen LogP contribution in [0.5, 0.6) is 0 Å². The molecule has 2 saturated heterocycles. The molecule has 2 fully saturated rings. The van der Waals surface area contributed by atoms with Gasteiger partial charge in [-0.1, -0.05) is 0 Å². The van der Waals surface area contributed by atoms with E-state index in [-0.39, 0.29) is 12.5 Å². The van der Waals surface area contributed by atoms with E-state index < -0.39 is 30.5 Å². The van der Waals surface area contributed by atoms with E-state index in [9.17, 15) is 18.4 Å². The van der Waals surface area contributed by atoms with Crippen molar-refractivity contribution in [1.82, 2.24) is 10.2 Å². The highest BCUT2D eigenvalue weighted by Crippen LogP contribution is 2.30. The lowest BCUT2D eigenvalue weighted by Gasteiger charge is -2.22. The third-order valence-corrected chi connectivity index (χ3v) is 3.50. The Bertz CT molecular complexity index is 370. The summed E-state index contributed by atoms with van der Waals surface area (Å²) in [7, 11) is 0. The Morgan fingerprint density at radius 1 is 1.53 bits per heavy atom. The summed E-state index contributed by atoms with van der Waals surface area (Å²) in [5.74, 6) is -4.90. The maximum absolute atomic E-state index is 12.9. The maximum Gasteiger partial charge on any atom is 0.377 e. The molecule has 2 aliphatic rings. The number of nitrogens with one attached hydrogen (secondary N) is 1. The second kappa shape index (κ2) is 5.40. The number of carbonyl (C=O) groups excluding carboxylic acids is 2. The van der Waals surface area contributed by atoms with Crippen LogP contribution in [0.1, 0.15) is 26.2 Å². The number of esters is 1. The zero-order valence-electron chi connectivity index (χ0n) is 10.8. The van der Waals surface area contributed by atoms with Gasteiger partial charge in [0.2, 0.25) is 5.91 Å². The number of ether oxygens (including phenoxy) is 1. The van der Waals surface area contributed by atoms with Gasteiger partial charge in [-0.15, -0.1) is 0 Å². The molecule has 7 heteroatoms. The van der Waals surface area contributed by atoms with E-state index in [0.29, 0.717) is 0 Å². The number of alkyl halides is 2. The molecule has 0 bridgehead atoms. The summed E-state index contributed by atoms with van der Waals surface area (Å²) in [6.07, 6.45) is 0.524. The topological polar surface area (TPSA) is 58.6 Å². The first kappa shape index (κ1) is 14.2. The SMILES string of the molecule is CC(NCC1CC(F)(F)C(=O)O1)C(=O)N1CCCC1. The summed E-state index contributed by atoms with van der Waals surface area (Å²) in [4.78, 5) is 24.5. The van der Waals surface area contributed by atoms with Crippen molar-refractivity contribution in [2.75, 3.05) is 19.6 Å². The molecule has 1 amide bonds. The molecule has 19 heavy (non-hydrogen) atoms. The first-order valence-corrected chi connectivity index (χ1v) is 6.51. The number of halogens is 2. The molecule has 5 nitrogen and oxygen atoms in total. The van der Waals surface area contributed by atoms with Crippen LogP contribution >= 0.6 is 0 Å². The van der Waals surface area contributed by atoms with Crippen molar-refractivity contribution in [3.05, 3.63) is 0 Å². The van der Waals surface area contributed by atoms with Crippen LogP contribution in [-0.2, 0) is 14.3 Å². The quantitative estimate of drug-likeness (QED) is 0.761. The third kappa shape index (κ3) is 3.20. The fourth-order valence-corrected chi connectivity index (χ4v) is 2.37. The second-order valence-electron chi connectivity index (χ2n) is 5.10. The monoisotopic (exact) mass is 276 g/mol. The van der Waals surface area contributed by atoms with Crippen LogP contribution in [0.3, 0.4) is 0 Å². The normalized spacial score (nSPS) is 27.4. The van der Waals surface area contributed by atoms with E-state index in [2.05, 4.69) is 10.1 Å². The van der Waals surface area contributed by atoms with Gasteiger partial charge in [-0.25, -0.2) is 4.79 Å². The summed E-state index contributed by atoms with van der Waals surface area (Å²) in [6, 6.07) is -0.453. The van der Waals surface area contributed by atoms with Gasteiger partial charge in [0.05, 0.1) is 12.5 Å². The van der Waals surface area contributed by atoms with Gasteiger partial charge in [-0.05, 0) is 19.8 Å². The second-order valence-corrected chi connectivity index (χ2v) is 5.10. The number of likely N-dealkylation sites (tertiary alicyclic amines) is 1. The van der Waals surface area contributed by atoms with Gasteiger partial charge >= 0.3 is 11.9 Å². The van der Waals surface area contributed by atoms with Crippen LogP contribution in [0.25, 0.3) is 0 Å². The Morgan fingerprint density at radius 3 is 2.68 bits per heavy atom. The van der Waals surface area contributed by atoms with E-state index in [0.717, 1.165) is 25.9 Å². The predicted molar refractivity (Wildman–Crippen MR) is 62.7 cm³/mol. The van der Waals surface area contributed by atoms with Crippen LogP contribution in [0, 0.1) is 0 Å². The van der Waals surface area contributed by atoms with Gasteiger partial charge < -0.3 is 15.0 Å². The van der Waals surface area contributed by atoms with E-state index in [1.165, 1.54) is 0 Å². The lowest BCUT2D eigenvalue weighted by molar-refractivity contribution is -0.159. The van der Waals surface area contributed by atoms with Gasteiger partial charge in [0.15, 0.2) is 0 Å². The molecule has 0 aromatic rings. The Kier molecular flexibility index (Phi) is 4.03. The van der Waals surface area contributed by atoms with E-state index in [1.54, 1.807) is 11.8 Å². The first-order chi connectivity index (χ1) is 8.90. The Morgan fingerprint density at radius 2 is 2.16 bits per heavy atom. The molecule has 0 spiro atoms. The number of hydrogen-bond donors (Lipinski definition) is 1. The summed E-state index contributed by atoms with van der Waals surface area (Å²) in [6.45, 7) is 3.26. The van der Waals surface area contributed by atoms with Crippen molar-refractivity contribution in [2.24, 2.45) is 0 Å². The molecular weight excluding hydrogens is 258 g/mol. The molecule has 2 unspecified atom stereocenters. The maximum atomic E-state index is 12.9. The van der Waals surface area contributed by atoms with Crippen molar-refractivity contribution >= 4 is 11.9 Å². The first-order valence-electron chi connectivity index (χ1n) is 6.51. The molecule has 0 aromatic heterocycles. The van der Waals surface area contributed by atoms with Crippen molar-refractivity contribution in [3.8, 4) is 0 Å². The molecule has 2 aliphatic heterocycles. The molecule has 2 atom stereocenters. The summed E-state index contributed by atoms with van der Waals surface area (Å²) >= 11 is 0. The van der Waals surface area contributed by atoms with Crippen LogP contribution < -0.4 is 5.32 Å². The number of nitrogens with zero attached hydrogens (tertiary/aromatic N) is 1. The molecule has 0 radical (unpaired) electrons. The van der Waals surface area contributed by atoms with Gasteiger partial charge in [0.25, 0.3) is 0 Å². The molecular formula is C12H18F2N2O3. The van der Waals surface area contributed by atoms with Gasteiger partial charge in [0.1, 0.15) is 6.10 Å². The highest BCUT2D eigenvalue weighted by atomic mass is 19.3. The van der Waals surface area contributed by atoms with Crippen molar-refractivity contribution in [3.63, 3.8) is 0 Å². The van der Waals surface area contributed by atoms with E-state index in [1.807, 2.05) is 0 Å². The Hall–Kier alpha value is -1.24. The predicted octanol–water partition coefficient (Wildman–Crippen LogP) is 0.538. The lowest BCUT2D eigenvalue weighted by Crippen LogP contribution is -2.45. The van der Waals surface area contributed by atoms with E-state index >= 15 is 0 Å². The highest BCUT2D eigenvalue weighted by molar-refractivity contribution is 5.82. The third-order valence-electron chi connectivity index (χ3n) is 3.50. The summed E-state index contributed by atoms with van der Waals surface area (Å²) < 4.78 is 30.4. The fraction of sp³-hybridized carbons (Fsp3) is 0.833. The van der Waals surface area contributed by atoms with E-state index in [4.69, 9.17) is 0 Å². The van der Waals surface area contributed by atoms with Gasteiger partial charge in [-0.3, -0.25) is 4.79 Å². The molecule has 0 saturated carbocycles. The van der Waals surface area contributed by atoms with Gasteiger partial charge in [-0.2, -0.15) is 8.78 Å². The number of cyclic esters (lactones) is 1. The average Bonchev–Trinajstić information content (AvgIpc) is 2.95. The van der Waals surface area contributed by atoms with Crippen molar-refractivity contribution in [1.29, 1.82) is 0 Å². The minimum Gasteiger partial charge on any atom is -0.456 e. The van der Waals surface area contributed by atoms with Gasteiger partial charge in [0, 0.05) is 19.6 Å². The molecule has 2 heterocycles. The van der Waals surface area contributed by atoms with Crippen LogP contribution in [0.2, 0.25) is 0 Å².